The van der Waals surface area contributed by atoms with E-state index in [0.717, 1.165) is 47.6 Å². The first-order valence-electron chi connectivity index (χ1n) is 7.17. The number of nitrogen functional groups attached to an aromatic ring is 1. The molecule has 1 aliphatic rings. The molecule has 0 saturated carbocycles. The largest absolute Gasteiger partial charge is 0.399 e. The van der Waals surface area contributed by atoms with Crippen LogP contribution in [0.25, 0.3) is 0 Å². The van der Waals surface area contributed by atoms with Crippen molar-refractivity contribution in [1.82, 2.24) is 0 Å². The van der Waals surface area contributed by atoms with Gasteiger partial charge in [-0.3, -0.25) is 4.90 Å². The third-order valence-corrected chi connectivity index (χ3v) is 3.74. The number of nitrogens with one attached hydrogen (secondary N) is 1. The second-order valence-corrected chi connectivity index (χ2v) is 5.44. The molecule has 0 unspecified atom stereocenters. The molecule has 21 heavy (non-hydrogen) atoms. The molecule has 1 aliphatic heterocycles. The third kappa shape index (κ3) is 2.84. The van der Waals surface area contributed by atoms with Crippen molar-refractivity contribution in [2.75, 3.05) is 22.5 Å². The van der Waals surface area contributed by atoms with Gasteiger partial charge in [-0.05, 0) is 61.2 Å². The third-order valence-electron chi connectivity index (χ3n) is 3.74. The van der Waals surface area contributed by atoms with Gasteiger partial charge in [0, 0.05) is 23.6 Å². The Hall–Kier alpha value is -2.49. The van der Waals surface area contributed by atoms with E-state index in [0.29, 0.717) is 0 Å². The zero-order valence-electron chi connectivity index (χ0n) is 12.1. The Balaban J connectivity index is 1.83. The number of nitrogens with zero attached hydrogens (tertiary/aromatic N) is 1. The number of aryl methyl sites for hydroxylation is 2. The average molecular weight is 281 g/mol. The Kier molecular flexibility index (Phi) is 3.52. The van der Waals surface area contributed by atoms with Gasteiger partial charge < -0.3 is 11.1 Å². The molecule has 0 bridgehead atoms. The first-order chi connectivity index (χ1) is 10.1. The van der Waals surface area contributed by atoms with E-state index in [1.165, 1.54) is 0 Å². The lowest BCUT2D eigenvalue weighted by molar-refractivity contribution is 0.256. The van der Waals surface area contributed by atoms with Crippen LogP contribution in [0.2, 0.25) is 0 Å². The van der Waals surface area contributed by atoms with E-state index in [9.17, 15) is 4.79 Å². The van der Waals surface area contributed by atoms with Crippen molar-refractivity contribution in [2.45, 2.75) is 19.8 Å². The number of nitrogens with two attached hydrogens (primary N) is 1. The highest BCUT2D eigenvalue weighted by Crippen LogP contribution is 2.29. The van der Waals surface area contributed by atoms with Crippen molar-refractivity contribution in [1.29, 1.82) is 0 Å². The van der Waals surface area contributed by atoms with E-state index < -0.39 is 0 Å². The van der Waals surface area contributed by atoms with Gasteiger partial charge in [-0.2, -0.15) is 0 Å². The minimum absolute atomic E-state index is 0.0914. The molecule has 2 amide bonds. The first kappa shape index (κ1) is 13.5. The summed E-state index contributed by atoms with van der Waals surface area (Å²) in [6.45, 7) is 2.74. The number of carbonyl (C=O) groups is 1. The highest BCUT2D eigenvalue weighted by Gasteiger charge is 2.22. The van der Waals surface area contributed by atoms with E-state index in [1.807, 2.05) is 49.4 Å². The molecule has 108 valence electrons. The van der Waals surface area contributed by atoms with Crippen molar-refractivity contribution in [3.8, 4) is 0 Å². The monoisotopic (exact) mass is 281 g/mol. The number of anilines is 3. The van der Waals surface area contributed by atoms with Crippen molar-refractivity contribution < 1.29 is 4.79 Å². The minimum Gasteiger partial charge on any atom is -0.399 e. The van der Waals surface area contributed by atoms with E-state index >= 15 is 0 Å². The van der Waals surface area contributed by atoms with Crippen LogP contribution in [0, 0.1) is 6.92 Å². The molecule has 0 fully saturated rings. The van der Waals surface area contributed by atoms with Crippen LogP contribution in [0.3, 0.4) is 0 Å². The normalized spacial score (nSPS) is 13.7. The average Bonchev–Trinajstić information content (AvgIpc) is 2.46. The number of hydrogen-bond donors (Lipinski definition) is 2. The van der Waals surface area contributed by atoms with E-state index in [4.69, 9.17) is 5.73 Å². The van der Waals surface area contributed by atoms with Gasteiger partial charge in [0.25, 0.3) is 0 Å². The maximum atomic E-state index is 12.5. The number of hydrogen-bond acceptors (Lipinski definition) is 2. The molecular weight excluding hydrogens is 262 g/mol. The van der Waals surface area contributed by atoms with E-state index in [-0.39, 0.29) is 6.03 Å². The summed E-state index contributed by atoms with van der Waals surface area (Å²) in [5.74, 6) is 0. The van der Waals surface area contributed by atoms with Crippen LogP contribution in [0.4, 0.5) is 21.9 Å². The Morgan fingerprint density at radius 2 is 2.10 bits per heavy atom. The van der Waals surface area contributed by atoms with Crippen LogP contribution in [-0.4, -0.2) is 12.6 Å². The number of amides is 2. The predicted octanol–water partition coefficient (Wildman–Crippen LogP) is 3.56. The Morgan fingerprint density at radius 3 is 2.90 bits per heavy atom. The molecular formula is C17H19N3O. The number of rotatable bonds is 1. The predicted molar refractivity (Wildman–Crippen MR) is 86.7 cm³/mol. The standard InChI is InChI=1S/C17H19N3O/c1-12-4-2-6-15(10-12)19-17(21)20-9-3-5-13-11-14(18)7-8-16(13)20/h2,4,6-8,10-11H,3,5,9,18H2,1H3,(H,19,21). The fourth-order valence-electron chi connectivity index (χ4n) is 2.74. The van der Waals surface area contributed by atoms with E-state index in [2.05, 4.69) is 5.32 Å². The summed E-state index contributed by atoms with van der Waals surface area (Å²) in [6.07, 6.45) is 1.92. The molecule has 0 spiro atoms. The van der Waals surface area contributed by atoms with Gasteiger partial charge in [0.05, 0.1) is 0 Å². The quantitative estimate of drug-likeness (QED) is 0.785. The summed E-state index contributed by atoms with van der Waals surface area (Å²) in [5, 5.41) is 2.96. The summed E-state index contributed by atoms with van der Waals surface area (Å²) >= 11 is 0. The Labute approximate surface area is 124 Å². The molecule has 4 heteroatoms. The van der Waals surface area contributed by atoms with Crippen molar-refractivity contribution in [3.63, 3.8) is 0 Å². The van der Waals surface area contributed by atoms with Gasteiger partial charge in [-0.1, -0.05) is 12.1 Å². The molecule has 4 nitrogen and oxygen atoms in total. The zero-order chi connectivity index (χ0) is 14.8. The SMILES string of the molecule is Cc1cccc(NC(=O)N2CCCc3cc(N)ccc32)c1. The second-order valence-electron chi connectivity index (χ2n) is 5.44. The topological polar surface area (TPSA) is 58.4 Å². The maximum absolute atomic E-state index is 12.5. The molecule has 2 aromatic carbocycles. The number of carbonyl (C=O) groups excluding carboxylic acids is 1. The lowest BCUT2D eigenvalue weighted by Gasteiger charge is -2.29. The van der Waals surface area contributed by atoms with Crippen molar-refractivity contribution in [2.24, 2.45) is 0 Å². The van der Waals surface area contributed by atoms with Gasteiger partial charge >= 0.3 is 6.03 Å². The molecule has 0 atom stereocenters. The van der Waals surface area contributed by atoms with Crippen LogP contribution < -0.4 is 16.0 Å². The second kappa shape index (κ2) is 5.48. The molecule has 1 heterocycles. The summed E-state index contributed by atoms with van der Waals surface area (Å²) < 4.78 is 0. The van der Waals surface area contributed by atoms with Crippen LogP contribution in [0.5, 0.6) is 0 Å². The molecule has 3 rings (SSSR count). The fraction of sp³-hybridized carbons (Fsp3) is 0.235. The van der Waals surface area contributed by atoms with Gasteiger partial charge in [0.15, 0.2) is 0 Å². The molecule has 0 saturated heterocycles. The number of benzene rings is 2. The Morgan fingerprint density at radius 1 is 1.24 bits per heavy atom. The minimum atomic E-state index is -0.0914. The Bertz CT molecular complexity index is 681. The molecule has 3 N–H and O–H groups in total. The van der Waals surface area contributed by atoms with Crippen LogP contribution >= 0.6 is 0 Å². The summed E-state index contributed by atoms with van der Waals surface area (Å²) in [4.78, 5) is 14.3. The highest BCUT2D eigenvalue weighted by atomic mass is 16.2. The van der Waals surface area contributed by atoms with Crippen LogP contribution in [-0.2, 0) is 6.42 Å². The van der Waals surface area contributed by atoms with Gasteiger partial charge in [-0.25, -0.2) is 4.79 Å². The van der Waals surface area contributed by atoms with Gasteiger partial charge in [0.2, 0.25) is 0 Å². The lowest BCUT2D eigenvalue weighted by atomic mass is 10.0. The van der Waals surface area contributed by atoms with E-state index in [1.54, 1.807) is 4.90 Å². The fourth-order valence-corrected chi connectivity index (χ4v) is 2.74. The maximum Gasteiger partial charge on any atom is 0.326 e. The molecule has 0 aromatic heterocycles. The van der Waals surface area contributed by atoms with Gasteiger partial charge in [0.1, 0.15) is 0 Å². The van der Waals surface area contributed by atoms with Gasteiger partial charge in [-0.15, -0.1) is 0 Å². The van der Waals surface area contributed by atoms with Crippen molar-refractivity contribution in [3.05, 3.63) is 53.6 Å². The zero-order valence-corrected chi connectivity index (χ0v) is 12.1. The summed E-state index contributed by atoms with van der Waals surface area (Å²) in [6, 6.07) is 13.5. The number of urea groups is 1. The summed E-state index contributed by atoms with van der Waals surface area (Å²) in [5.41, 5.74) is 10.6. The molecule has 2 aromatic rings. The van der Waals surface area contributed by atoms with Crippen LogP contribution in [0.1, 0.15) is 17.5 Å². The lowest BCUT2D eigenvalue weighted by Crippen LogP contribution is -2.38. The highest BCUT2D eigenvalue weighted by molar-refractivity contribution is 6.02. The first-order valence-corrected chi connectivity index (χ1v) is 7.17. The van der Waals surface area contributed by atoms with Crippen molar-refractivity contribution >= 4 is 23.1 Å². The summed E-state index contributed by atoms with van der Waals surface area (Å²) in [7, 11) is 0. The molecule has 0 radical (unpaired) electrons. The van der Waals surface area contributed by atoms with Crippen LogP contribution in [0.15, 0.2) is 42.5 Å². The molecule has 0 aliphatic carbocycles. The smallest absolute Gasteiger partial charge is 0.326 e. The number of fused-ring (bicyclic) bond motifs is 1.